The van der Waals surface area contributed by atoms with Crippen LogP contribution in [0.1, 0.15) is 22.4 Å². The Morgan fingerprint density at radius 1 is 0.875 bits per heavy atom. The van der Waals surface area contributed by atoms with Crippen LogP contribution in [0.3, 0.4) is 0 Å². The maximum absolute atomic E-state index is 13.2. The molecule has 1 heterocycles. The van der Waals surface area contributed by atoms with E-state index in [1.165, 1.54) is 12.1 Å². The zero-order valence-corrected chi connectivity index (χ0v) is 17.3. The van der Waals surface area contributed by atoms with E-state index in [0.29, 0.717) is 0 Å². The number of aromatic nitrogens is 1. The van der Waals surface area contributed by atoms with Crippen LogP contribution in [0.15, 0.2) is 91.0 Å². The normalized spacial score (nSPS) is 11.9. The molecular weight excluding hydrogens is 409 g/mol. The third-order valence-electron chi connectivity index (χ3n) is 5.20. The summed E-state index contributed by atoms with van der Waals surface area (Å²) >= 11 is 0. The molecule has 0 saturated carbocycles. The second-order valence-corrected chi connectivity index (χ2v) is 7.38. The average Bonchev–Trinajstić information content (AvgIpc) is 3.13. The third kappa shape index (κ3) is 4.21. The zero-order valence-electron chi connectivity index (χ0n) is 17.3. The van der Waals surface area contributed by atoms with Crippen LogP contribution in [-0.2, 0) is 6.18 Å². The Morgan fingerprint density at radius 3 is 2.16 bits per heavy atom. The molecule has 0 unspecified atom stereocenters. The summed E-state index contributed by atoms with van der Waals surface area (Å²) in [5.74, 6) is 0. The van der Waals surface area contributed by atoms with Crippen molar-refractivity contribution < 1.29 is 13.2 Å². The molecule has 0 aliphatic carbocycles. The number of nitriles is 1. The molecule has 4 aromatic rings. The van der Waals surface area contributed by atoms with Gasteiger partial charge in [0.05, 0.1) is 22.9 Å². The fraction of sp³-hybridized carbons (Fsp3) is 0.0741. The van der Waals surface area contributed by atoms with Crippen molar-refractivity contribution in [2.75, 3.05) is 0 Å². The van der Waals surface area contributed by atoms with E-state index in [4.69, 9.17) is 0 Å². The van der Waals surface area contributed by atoms with Gasteiger partial charge in [0.15, 0.2) is 0 Å². The van der Waals surface area contributed by atoms with Crippen LogP contribution >= 0.6 is 0 Å². The summed E-state index contributed by atoms with van der Waals surface area (Å²) < 4.78 is 41.6. The topological polar surface area (TPSA) is 28.7 Å². The highest BCUT2D eigenvalue weighted by Crippen LogP contribution is 2.35. The van der Waals surface area contributed by atoms with Crippen molar-refractivity contribution in [3.8, 4) is 23.0 Å². The first-order valence-electron chi connectivity index (χ1n) is 10.0. The third-order valence-corrected chi connectivity index (χ3v) is 5.20. The van der Waals surface area contributed by atoms with Crippen molar-refractivity contribution in [3.63, 3.8) is 0 Å². The molecule has 5 heteroatoms. The molecule has 0 spiro atoms. The highest BCUT2D eigenvalue weighted by Gasteiger charge is 2.30. The maximum Gasteiger partial charge on any atom is 0.416 e. The molecule has 1 aromatic heterocycles. The average molecular weight is 428 g/mol. The van der Waals surface area contributed by atoms with Gasteiger partial charge in [-0.25, -0.2) is 0 Å². The number of hydrogen-bond acceptors (Lipinski definition) is 1. The smallest absolute Gasteiger partial charge is 0.313 e. The van der Waals surface area contributed by atoms with E-state index < -0.39 is 11.7 Å². The number of benzene rings is 3. The maximum atomic E-state index is 13.2. The number of nitrogens with zero attached hydrogens (tertiary/aromatic N) is 2. The molecule has 32 heavy (non-hydrogen) atoms. The van der Waals surface area contributed by atoms with Gasteiger partial charge in [0, 0.05) is 16.9 Å². The molecule has 0 N–H and O–H groups in total. The van der Waals surface area contributed by atoms with Crippen LogP contribution in [0, 0.1) is 18.3 Å². The lowest BCUT2D eigenvalue weighted by Gasteiger charge is -2.13. The standard InChI is InChI=1S/C27H19F3N2/c1-19-15-22(16-23(18-31)21-11-8-12-24(17-21)27(28,29)30)26(20-9-4-2-5-10-20)32(19)25-13-6-3-7-14-25/h2-17H,1H3/b23-16-. The van der Waals surface area contributed by atoms with E-state index in [9.17, 15) is 18.4 Å². The summed E-state index contributed by atoms with van der Waals surface area (Å²) in [5, 5.41) is 9.78. The highest BCUT2D eigenvalue weighted by molar-refractivity contribution is 5.93. The lowest BCUT2D eigenvalue weighted by atomic mass is 10.00. The van der Waals surface area contributed by atoms with E-state index in [-0.39, 0.29) is 11.1 Å². The fourth-order valence-corrected chi connectivity index (χ4v) is 3.77. The van der Waals surface area contributed by atoms with Gasteiger partial charge in [-0.2, -0.15) is 18.4 Å². The number of halogens is 3. The van der Waals surface area contributed by atoms with Crippen LogP contribution < -0.4 is 0 Å². The number of allylic oxidation sites excluding steroid dienone is 1. The Morgan fingerprint density at radius 2 is 1.53 bits per heavy atom. The number of alkyl halides is 3. The Balaban J connectivity index is 1.93. The molecule has 158 valence electrons. The first-order valence-corrected chi connectivity index (χ1v) is 10.0. The van der Waals surface area contributed by atoms with Gasteiger partial charge in [0.1, 0.15) is 0 Å². The predicted octanol–water partition coefficient (Wildman–Crippen LogP) is 7.54. The monoisotopic (exact) mass is 428 g/mol. The summed E-state index contributed by atoms with van der Waals surface area (Å²) in [7, 11) is 0. The van der Waals surface area contributed by atoms with Gasteiger partial charge in [-0.3, -0.25) is 0 Å². The lowest BCUT2D eigenvalue weighted by molar-refractivity contribution is -0.137. The minimum Gasteiger partial charge on any atom is -0.313 e. The van der Waals surface area contributed by atoms with E-state index in [1.54, 1.807) is 6.08 Å². The molecule has 0 atom stereocenters. The molecule has 4 rings (SSSR count). The summed E-state index contributed by atoms with van der Waals surface area (Å²) in [6.07, 6.45) is -2.82. The van der Waals surface area contributed by atoms with Crippen molar-refractivity contribution in [3.05, 3.63) is 113 Å². The Hall–Kier alpha value is -4.04. The van der Waals surface area contributed by atoms with Crippen LogP contribution in [0.2, 0.25) is 0 Å². The van der Waals surface area contributed by atoms with Crippen LogP contribution in [0.5, 0.6) is 0 Å². The Bertz CT molecular complexity index is 1310. The second-order valence-electron chi connectivity index (χ2n) is 7.38. The van der Waals surface area contributed by atoms with E-state index >= 15 is 0 Å². The molecular formula is C27H19F3N2. The molecule has 0 aliphatic rings. The SMILES string of the molecule is Cc1cc(/C=C(/C#N)c2cccc(C(F)(F)F)c2)c(-c2ccccc2)n1-c1ccccc1. The van der Waals surface area contributed by atoms with Gasteiger partial charge in [-0.1, -0.05) is 60.7 Å². The molecule has 0 saturated heterocycles. The van der Waals surface area contributed by atoms with Crippen molar-refractivity contribution >= 4 is 11.6 Å². The van der Waals surface area contributed by atoms with Crippen molar-refractivity contribution in [2.45, 2.75) is 13.1 Å². The minimum absolute atomic E-state index is 0.165. The van der Waals surface area contributed by atoms with E-state index in [2.05, 4.69) is 10.6 Å². The molecule has 0 radical (unpaired) electrons. The lowest BCUT2D eigenvalue weighted by Crippen LogP contribution is -2.04. The molecule has 0 aliphatic heterocycles. The van der Waals surface area contributed by atoms with E-state index in [0.717, 1.165) is 40.3 Å². The summed E-state index contributed by atoms with van der Waals surface area (Å²) in [5.41, 5.74) is 4.09. The van der Waals surface area contributed by atoms with Crippen molar-refractivity contribution in [1.29, 1.82) is 5.26 Å². The van der Waals surface area contributed by atoms with Crippen LogP contribution in [0.25, 0.3) is 28.6 Å². The second kappa shape index (κ2) is 8.60. The van der Waals surface area contributed by atoms with Gasteiger partial charge in [-0.05, 0) is 54.5 Å². The van der Waals surface area contributed by atoms with Crippen molar-refractivity contribution in [1.82, 2.24) is 4.57 Å². The molecule has 0 fully saturated rings. The minimum atomic E-state index is -4.47. The van der Waals surface area contributed by atoms with Gasteiger partial charge in [0.2, 0.25) is 0 Å². The van der Waals surface area contributed by atoms with Gasteiger partial charge < -0.3 is 4.57 Å². The van der Waals surface area contributed by atoms with Crippen LogP contribution in [0.4, 0.5) is 13.2 Å². The largest absolute Gasteiger partial charge is 0.416 e. The molecule has 2 nitrogen and oxygen atoms in total. The molecule has 0 amide bonds. The van der Waals surface area contributed by atoms with Gasteiger partial charge >= 0.3 is 6.18 Å². The van der Waals surface area contributed by atoms with Crippen LogP contribution in [-0.4, -0.2) is 4.57 Å². The zero-order chi connectivity index (χ0) is 22.7. The quantitative estimate of drug-likeness (QED) is 0.309. The van der Waals surface area contributed by atoms with Crippen molar-refractivity contribution in [2.24, 2.45) is 0 Å². The highest BCUT2D eigenvalue weighted by atomic mass is 19.4. The summed E-state index contributed by atoms with van der Waals surface area (Å²) in [6.45, 7) is 1.97. The molecule has 3 aromatic carbocycles. The summed E-state index contributed by atoms with van der Waals surface area (Å²) in [6, 6.07) is 28.4. The number of para-hydroxylation sites is 1. The predicted molar refractivity (Wildman–Crippen MR) is 121 cm³/mol. The number of aryl methyl sites for hydroxylation is 1. The Kier molecular flexibility index (Phi) is 5.70. The van der Waals surface area contributed by atoms with E-state index in [1.807, 2.05) is 73.7 Å². The first-order chi connectivity index (χ1) is 15.4. The number of hydrogen-bond donors (Lipinski definition) is 0. The van der Waals surface area contributed by atoms with Gasteiger partial charge in [0.25, 0.3) is 0 Å². The Labute approximate surface area is 184 Å². The number of rotatable bonds is 4. The first kappa shape index (κ1) is 21.2. The molecule has 0 bridgehead atoms. The summed E-state index contributed by atoms with van der Waals surface area (Å²) in [4.78, 5) is 0. The fourth-order valence-electron chi connectivity index (χ4n) is 3.77. The van der Waals surface area contributed by atoms with Gasteiger partial charge in [-0.15, -0.1) is 0 Å².